The summed E-state index contributed by atoms with van der Waals surface area (Å²) in [5, 5.41) is 0. The zero-order valence-electron chi connectivity index (χ0n) is 14.7. The van der Waals surface area contributed by atoms with E-state index in [0.29, 0.717) is 5.41 Å². The zero-order chi connectivity index (χ0) is 16.2. The van der Waals surface area contributed by atoms with Gasteiger partial charge in [0.1, 0.15) is 0 Å². The minimum Gasteiger partial charge on any atom is -0.0988 e. The first-order valence-electron chi connectivity index (χ1n) is 8.51. The first-order valence-corrected chi connectivity index (χ1v) is 8.51. The third-order valence-electron chi connectivity index (χ3n) is 4.95. The van der Waals surface area contributed by atoms with Crippen LogP contribution in [0.1, 0.15) is 59.8 Å². The van der Waals surface area contributed by atoms with Crippen molar-refractivity contribution in [3.8, 4) is 0 Å². The maximum Gasteiger partial charge on any atom is -0.0104 e. The van der Waals surface area contributed by atoms with E-state index in [1.165, 1.54) is 41.6 Å². The fourth-order valence-electron chi connectivity index (χ4n) is 3.48. The standard InChI is InChI=1S/C22H30/c1-6-19-12-13-20(16-19)11-9-17(2)10-14-21-18(3)8-7-15-22(21,4)5/h6,9-11,14,16H,1,7-8,12-13,15H2,2-5H3/b14-10+,17-9-,20-11+. The molecule has 2 aliphatic rings. The molecule has 0 atom stereocenters. The lowest BCUT2D eigenvalue weighted by atomic mass is 9.72. The summed E-state index contributed by atoms with van der Waals surface area (Å²) in [5.41, 5.74) is 7.51. The number of rotatable bonds is 4. The Morgan fingerprint density at radius 2 is 2.00 bits per heavy atom. The third-order valence-corrected chi connectivity index (χ3v) is 4.95. The Balaban J connectivity index is 2.10. The quantitative estimate of drug-likeness (QED) is 0.497. The van der Waals surface area contributed by atoms with Crippen molar-refractivity contribution in [2.75, 3.05) is 0 Å². The highest BCUT2D eigenvalue weighted by atomic mass is 14.3. The molecule has 118 valence electrons. The first-order chi connectivity index (χ1) is 10.4. The van der Waals surface area contributed by atoms with Crippen molar-refractivity contribution < 1.29 is 0 Å². The molecule has 0 fully saturated rings. The Bertz CT molecular complexity index is 586. The van der Waals surface area contributed by atoms with Crippen LogP contribution in [-0.2, 0) is 0 Å². The molecule has 0 bridgehead atoms. The third kappa shape index (κ3) is 4.22. The summed E-state index contributed by atoms with van der Waals surface area (Å²) in [6, 6.07) is 0. The molecule has 0 heterocycles. The maximum atomic E-state index is 3.85. The highest BCUT2D eigenvalue weighted by molar-refractivity contribution is 5.40. The largest absolute Gasteiger partial charge is 0.0988 e. The van der Waals surface area contributed by atoms with Crippen molar-refractivity contribution in [3.63, 3.8) is 0 Å². The van der Waals surface area contributed by atoms with E-state index in [4.69, 9.17) is 0 Å². The Labute approximate surface area is 136 Å². The molecule has 0 aromatic rings. The molecule has 0 aliphatic heterocycles. The van der Waals surface area contributed by atoms with Gasteiger partial charge in [-0.05, 0) is 68.1 Å². The summed E-state index contributed by atoms with van der Waals surface area (Å²) >= 11 is 0. The van der Waals surface area contributed by atoms with E-state index in [0.717, 1.165) is 12.8 Å². The van der Waals surface area contributed by atoms with Crippen LogP contribution in [0.25, 0.3) is 0 Å². The lowest BCUT2D eigenvalue weighted by Gasteiger charge is -2.32. The molecule has 0 nitrogen and oxygen atoms in total. The Morgan fingerprint density at radius 1 is 1.23 bits per heavy atom. The van der Waals surface area contributed by atoms with Crippen molar-refractivity contribution in [1.29, 1.82) is 0 Å². The van der Waals surface area contributed by atoms with Crippen LogP contribution in [0.2, 0.25) is 0 Å². The molecular weight excluding hydrogens is 264 g/mol. The van der Waals surface area contributed by atoms with Crippen LogP contribution in [0.5, 0.6) is 0 Å². The Kier molecular flexibility index (Phi) is 5.45. The fraction of sp³-hybridized carbons (Fsp3) is 0.455. The van der Waals surface area contributed by atoms with Crippen molar-refractivity contribution >= 4 is 0 Å². The topological polar surface area (TPSA) is 0 Å². The molecule has 0 amide bonds. The maximum absolute atomic E-state index is 3.85. The average molecular weight is 294 g/mol. The van der Waals surface area contributed by atoms with E-state index in [2.05, 4.69) is 64.7 Å². The van der Waals surface area contributed by atoms with Crippen molar-refractivity contribution in [3.05, 3.63) is 70.9 Å². The van der Waals surface area contributed by atoms with Gasteiger partial charge in [-0.2, -0.15) is 0 Å². The van der Waals surface area contributed by atoms with Crippen LogP contribution in [0.15, 0.2) is 70.9 Å². The van der Waals surface area contributed by atoms with Crippen LogP contribution in [0.4, 0.5) is 0 Å². The van der Waals surface area contributed by atoms with Gasteiger partial charge in [-0.25, -0.2) is 0 Å². The van der Waals surface area contributed by atoms with Gasteiger partial charge in [-0.1, -0.05) is 68.0 Å². The molecule has 0 heteroatoms. The average Bonchev–Trinajstić information content (AvgIpc) is 2.92. The molecule has 0 unspecified atom stereocenters. The minimum absolute atomic E-state index is 0.324. The molecule has 0 N–H and O–H groups in total. The van der Waals surface area contributed by atoms with Crippen LogP contribution in [0.3, 0.4) is 0 Å². The molecule has 22 heavy (non-hydrogen) atoms. The summed E-state index contributed by atoms with van der Waals surface area (Å²) in [7, 11) is 0. The second kappa shape index (κ2) is 7.13. The van der Waals surface area contributed by atoms with E-state index in [9.17, 15) is 0 Å². The summed E-state index contributed by atoms with van der Waals surface area (Å²) in [6.07, 6.45) is 19.5. The lowest BCUT2D eigenvalue weighted by molar-refractivity contribution is 0.377. The predicted molar refractivity (Wildman–Crippen MR) is 98.8 cm³/mol. The highest BCUT2D eigenvalue weighted by Crippen LogP contribution is 2.40. The van der Waals surface area contributed by atoms with E-state index in [-0.39, 0.29) is 0 Å². The molecule has 0 saturated carbocycles. The van der Waals surface area contributed by atoms with E-state index < -0.39 is 0 Å². The first kappa shape index (κ1) is 16.8. The van der Waals surface area contributed by atoms with Gasteiger partial charge in [-0.15, -0.1) is 0 Å². The van der Waals surface area contributed by atoms with Gasteiger partial charge in [-0.3, -0.25) is 0 Å². The van der Waals surface area contributed by atoms with Crippen LogP contribution in [0, 0.1) is 5.41 Å². The molecule has 0 aromatic carbocycles. The summed E-state index contributed by atoms with van der Waals surface area (Å²) in [6.45, 7) is 13.1. The second-order valence-electron chi connectivity index (χ2n) is 7.34. The minimum atomic E-state index is 0.324. The SMILES string of the molecule is C=CC1=C/C(=C/C=C(C)\C=C\C2=C(C)CCCC2(C)C)CC1. The van der Waals surface area contributed by atoms with E-state index in [1.807, 2.05) is 6.08 Å². The molecule has 0 radical (unpaired) electrons. The van der Waals surface area contributed by atoms with Gasteiger partial charge >= 0.3 is 0 Å². The zero-order valence-corrected chi connectivity index (χ0v) is 14.7. The summed E-state index contributed by atoms with van der Waals surface area (Å²) in [5.74, 6) is 0. The van der Waals surface area contributed by atoms with Gasteiger partial charge in [0.15, 0.2) is 0 Å². The van der Waals surface area contributed by atoms with E-state index >= 15 is 0 Å². The number of hydrogen-bond acceptors (Lipinski definition) is 0. The smallest absolute Gasteiger partial charge is 0.0104 e. The van der Waals surface area contributed by atoms with Crippen molar-refractivity contribution in [1.82, 2.24) is 0 Å². The highest BCUT2D eigenvalue weighted by Gasteiger charge is 2.26. The molecular formula is C22H30. The molecule has 0 aromatic heterocycles. The summed E-state index contributed by atoms with van der Waals surface area (Å²) < 4.78 is 0. The number of allylic oxidation sites excluding steroid dienone is 11. The normalized spacial score (nSPS) is 24.3. The molecule has 2 rings (SSSR count). The van der Waals surface area contributed by atoms with Gasteiger partial charge in [0, 0.05) is 0 Å². The summed E-state index contributed by atoms with van der Waals surface area (Å²) in [4.78, 5) is 0. The fourth-order valence-corrected chi connectivity index (χ4v) is 3.48. The number of hydrogen-bond donors (Lipinski definition) is 0. The second-order valence-corrected chi connectivity index (χ2v) is 7.34. The predicted octanol–water partition coefficient (Wildman–Crippen LogP) is 6.85. The Morgan fingerprint density at radius 3 is 2.64 bits per heavy atom. The van der Waals surface area contributed by atoms with Crippen LogP contribution >= 0.6 is 0 Å². The molecule has 0 spiro atoms. The monoisotopic (exact) mass is 294 g/mol. The molecule has 2 aliphatic carbocycles. The van der Waals surface area contributed by atoms with Gasteiger partial charge in [0.25, 0.3) is 0 Å². The molecule has 0 saturated heterocycles. The van der Waals surface area contributed by atoms with Crippen molar-refractivity contribution in [2.45, 2.75) is 59.8 Å². The van der Waals surface area contributed by atoms with E-state index in [1.54, 1.807) is 5.57 Å². The van der Waals surface area contributed by atoms with Crippen molar-refractivity contribution in [2.24, 2.45) is 5.41 Å². The lowest BCUT2D eigenvalue weighted by Crippen LogP contribution is -2.19. The van der Waals surface area contributed by atoms with Gasteiger partial charge < -0.3 is 0 Å². The van der Waals surface area contributed by atoms with Gasteiger partial charge in [0.2, 0.25) is 0 Å². The Hall–Kier alpha value is -1.56. The van der Waals surface area contributed by atoms with Crippen LogP contribution < -0.4 is 0 Å². The van der Waals surface area contributed by atoms with Gasteiger partial charge in [0.05, 0.1) is 0 Å². The van der Waals surface area contributed by atoms with Crippen LogP contribution in [-0.4, -0.2) is 0 Å².